The van der Waals surface area contributed by atoms with E-state index in [0.29, 0.717) is 5.56 Å². The molecule has 0 aromatic heterocycles. The number of hydrogen-bond donors (Lipinski definition) is 2. The fourth-order valence-corrected chi connectivity index (χ4v) is 4.22. The summed E-state index contributed by atoms with van der Waals surface area (Å²) in [5.74, 6) is -1.20. The zero-order chi connectivity index (χ0) is 21.1. The molecule has 0 aliphatic heterocycles. The van der Waals surface area contributed by atoms with E-state index in [0.717, 1.165) is 22.3 Å². The second-order valence-electron chi connectivity index (χ2n) is 7.38. The predicted molar refractivity (Wildman–Crippen MR) is 114 cm³/mol. The third-order valence-electron chi connectivity index (χ3n) is 5.82. The van der Waals surface area contributed by atoms with Crippen LogP contribution in [0, 0.1) is 0 Å². The molecule has 0 saturated carbocycles. The van der Waals surface area contributed by atoms with Gasteiger partial charge < -0.3 is 15.2 Å². The summed E-state index contributed by atoms with van der Waals surface area (Å²) in [4.78, 5) is 24.8. The molecule has 0 unspecified atom stereocenters. The van der Waals surface area contributed by atoms with Gasteiger partial charge in [-0.1, -0.05) is 85.8 Å². The van der Waals surface area contributed by atoms with Crippen LogP contribution in [0.15, 0.2) is 78.9 Å². The Labute approximate surface area is 175 Å². The van der Waals surface area contributed by atoms with E-state index in [-0.39, 0.29) is 18.9 Å². The summed E-state index contributed by atoms with van der Waals surface area (Å²) < 4.78 is 5.56. The minimum absolute atomic E-state index is 0.0827. The molecule has 1 aliphatic rings. The van der Waals surface area contributed by atoms with Crippen LogP contribution < -0.4 is 5.32 Å². The minimum atomic E-state index is -1.54. The summed E-state index contributed by atoms with van der Waals surface area (Å²) in [6.07, 6.45) is -0.554. The van der Waals surface area contributed by atoms with Crippen LogP contribution in [0.25, 0.3) is 11.1 Å². The van der Waals surface area contributed by atoms with Gasteiger partial charge >= 0.3 is 12.1 Å². The average molecular weight is 401 g/mol. The van der Waals surface area contributed by atoms with E-state index in [1.807, 2.05) is 36.4 Å². The molecule has 5 nitrogen and oxygen atoms in total. The number of carboxylic acids is 1. The van der Waals surface area contributed by atoms with Gasteiger partial charge in [-0.25, -0.2) is 9.59 Å². The highest BCUT2D eigenvalue weighted by Gasteiger charge is 2.41. The zero-order valence-corrected chi connectivity index (χ0v) is 16.7. The highest BCUT2D eigenvalue weighted by molar-refractivity contribution is 5.86. The summed E-state index contributed by atoms with van der Waals surface area (Å²) in [6.45, 7) is 1.86. The minimum Gasteiger partial charge on any atom is -0.479 e. The molecular weight excluding hydrogens is 378 g/mol. The topological polar surface area (TPSA) is 75.6 Å². The van der Waals surface area contributed by atoms with Crippen molar-refractivity contribution in [3.05, 3.63) is 95.6 Å². The van der Waals surface area contributed by atoms with Crippen molar-refractivity contribution in [1.29, 1.82) is 0 Å². The number of carbonyl (C=O) groups is 2. The number of amides is 1. The van der Waals surface area contributed by atoms with Gasteiger partial charge in [0.15, 0.2) is 5.54 Å². The third-order valence-corrected chi connectivity index (χ3v) is 5.82. The Balaban J connectivity index is 1.54. The maximum Gasteiger partial charge on any atom is 0.408 e. The van der Waals surface area contributed by atoms with E-state index in [4.69, 9.17) is 4.74 Å². The lowest BCUT2D eigenvalue weighted by Gasteiger charge is -2.29. The molecule has 0 spiro atoms. The monoisotopic (exact) mass is 401 g/mol. The van der Waals surface area contributed by atoms with Crippen LogP contribution in [-0.4, -0.2) is 23.8 Å². The van der Waals surface area contributed by atoms with Gasteiger partial charge in [-0.3, -0.25) is 0 Å². The van der Waals surface area contributed by atoms with Gasteiger partial charge in [-0.05, 0) is 34.2 Å². The lowest BCUT2D eigenvalue weighted by molar-refractivity contribution is -0.145. The fraction of sp³-hybridized carbons (Fsp3) is 0.200. The van der Waals surface area contributed by atoms with Crippen LogP contribution in [-0.2, 0) is 15.1 Å². The summed E-state index contributed by atoms with van der Waals surface area (Å²) in [5, 5.41) is 12.5. The SMILES string of the molecule is CC[C@](NC(=O)OCC1c2ccccc2-c2ccccc21)(C(=O)O)c1ccccc1. The van der Waals surface area contributed by atoms with Crippen molar-refractivity contribution in [3.8, 4) is 11.1 Å². The first-order chi connectivity index (χ1) is 14.6. The van der Waals surface area contributed by atoms with E-state index < -0.39 is 17.6 Å². The number of rotatable bonds is 6. The molecule has 3 aromatic carbocycles. The van der Waals surface area contributed by atoms with E-state index in [2.05, 4.69) is 17.4 Å². The number of carbonyl (C=O) groups excluding carboxylic acids is 1. The van der Waals surface area contributed by atoms with Crippen molar-refractivity contribution in [2.75, 3.05) is 6.61 Å². The number of aliphatic carboxylic acids is 1. The van der Waals surface area contributed by atoms with Crippen molar-refractivity contribution in [1.82, 2.24) is 5.32 Å². The molecule has 2 N–H and O–H groups in total. The molecule has 152 valence electrons. The number of hydrogen-bond acceptors (Lipinski definition) is 3. The second-order valence-corrected chi connectivity index (χ2v) is 7.38. The molecule has 1 aliphatic carbocycles. The third kappa shape index (κ3) is 3.32. The average Bonchev–Trinajstić information content (AvgIpc) is 3.10. The smallest absolute Gasteiger partial charge is 0.408 e. The van der Waals surface area contributed by atoms with Crippen LogP contribution in [0.4, 0.5) is 4.79 Å². The maximum atomic E-state index is 12.7. The van der Waals surface area contributed by atoms with E-state index in [1.54, 1.807) is 37.3 Å². The maximum absolute atomic E-state index is 12.7. The van der Waals surface area contributed by atoms with Gasteiger partial charge in [0.2, 0.25) is 0 Å². The normalized spacial score (nSPS) is 14.3. The summed E-state index contributed by atoms with van der Waals surface area (Å²) >= 11 is 0. The van der Waals surface area contributed by atoms with Crippen molar-refractivity contribution in [2.24, 2.45) is 0 Å². The Morgan fingerprint density at radius 1 is 0.900 bits per heavy atom. The molecule has 1 atom stereocenters. The molecule has 5 heteroatoms. The van der Waals surface area contributed by atoms with Crippen molar-refractivity contribution in [3.63, 3.8) is 0 Å². The Hall–Kier alpha value is -3.60. The zero-order valence-electron chi connectivity index (χ0n) is 16.7. The molecule has 0 fully saturated rings. The molecule has 4 rings (SSSR count). The highest BCUT2D eigenvalue weighted by atomic mass is 16.5. The molecule has 0 radical (unpaired) electrons. The van der Waals surface area contributed by atoms with Crippen LogP contribution in [0.2, 0.25) is 0 Å². The van der Waals surface area contributed by atoms with Crippen molar-refractivity contribution >= 4 is 12.1 Å². The lowest BCUT2D eigenvalue weighted by atomic mass is 9.87. The molecule has 3 aromatic rings. The van der Waals surface area contributed by atoms with Gasteiger partial charge in [0.1, 0.15) is 6.61 Å². The van der Waals surface area contributed by atoms with Crippen LogP contribution >= 0.6 is 0 Å². The first-order valence-electron chi connectivity index (χ1n) is 9.99. The Bertz CT molecular complexity index is 1030. The second kappa shape index (κ2) is 8.03. The Kier molecular flexibility index (Phi) is 5.27. The lowest BCUT2D eigenvalue weighted by Crippen LogP contribution is -2.51. The van der Waals surface area contributed by atoms with Crippen LogP contribution in [0.3, 0.4) is 0 Å². The molecule has 1 amide bonds. The molecule has 30 heavy (non-hydrogen) atoms. The number of carboxylic acid groups (broad SMARTS) is 1. The van der Waals surface area contributed by atoms with Crippen molar-refractivity contribution in [2.45, 2.75) is 24.8 Å². The summed E-state index contributed by atoms with van der Waals surface area (Å²) in [5.41, 5.74) is 3.46. The molecule has 0 saturated heterocycles. The molecular formula is C25H23NO4. The van der Waals surface area contributed by atoms with Gasteiger partial charge in [0.25, 0.3) is 0 Å². The Morgan fingerprint density at radius 2 is 1.43 bits per heavy atom. The highest BCUT2D eigenvalue weighted by Crippen LogP contribution is 2.44. The standard InChI is InChI=1S/C25H23NO4/c1-2-25(23(27)28,17-10-4-3-5-11-17)26-24(29)30-16-22-20-14-8-6-12-18(20)19-13-7-9-15-21(19)22/h3-15,22H,2,16H2,1H3,(H,26,29)(H,27,28)/t25-/m1/s1. The molecule has 0 heterocycles. The largest absolute Gasteiger partial charge is 0.479 e. The van der Waals surface area contributed by atoms with E-state index in [1.165, 1.54) is 0 Å². The van der Waals surface area contributed by atoms with E-state index >= 15 is 0 Å². The quantitative estimate of drug-likeness (QED) is 0.615. The number of nitrogens with one attached hydrogen (secondary N) is 1. The van der Waals surface area contributed by atoms with E-state index in [9.17, 15) is 14.7 Å². The number of fused-ring (bicyclic) bond motifs is 3. The fourth-order valence-electron chi connectivity index (χ4n) is 4.22. The number of benzene rings is 3. The van der Waals surface area contributed by atoms with Gasteiger partial charge in [0.05, 0.1) is 0 Å². The first-order valence-corrected chi connectivity index (χ1v) is 9.99. The van der Waals surface area contributed by atoms with Crippen molar-refractivity contribution < 1.29 is 19.4 Å². The first kappa shape index (κ1) is 19.7. The summed E-state index contributed by atoms with van der Waals surface area (Å²) in [7, 11) is 0. The number of ether oxygens (including phenoxy) is 1. The molecule has 0 bridgehead atoms. The number of alkyl carbamates (subject to hydrolysis) is 1. The van der Waals surface area contributed by atoms with Crippen LogP contribution in [0.5, 0.6) is 0 Å². The Morgan fingerprint density at radius 3 is 1.97 bits per heavy atom. The van der Waals surface area contributed by atoms with Crippen LogP contribution in [0.1, 0.15) is 36.0 Å². The van der Waals surface area contributed by atoms with Gasteiger partial charge in [-0.15, -0.1) is 0 Å². The summed E-state index contributed by atoms with van der Waals surface area (Å²) in [6, 6.07) is 24.8. The van der Waals surface area contributed by atoms with Gasteiger partial charge in [0, 0.05) is 5.92 Å². The van der Waals surface area contributed by atoms with Gasteiger partial charge in [-0.2, -0.15) is 0 Å². The predicted octanol–water partition coefficient (Wildman–Crippen LogP) is 4.92.